The van der Waals surface area contributed by atoms with E-state index in [1.807, 2.05) is 32.6 Å². The Morgan fingerprint density at radius 3 is 2.42 bits per heavy atom. The van der Waals surface area contributed by atoms with E-state index in [2.05, 4.69) is 15.3 Å². The lowest BCUT2D eigenvalue weighted by molar-refractivity contribution is -0.134. The lowest BCUT2D eigenvalue weighted by Gasteiger charge is -2.34. The van der Waals surface area contributed by atoms with Gasteiger partial charge >= 0.3 is 13.2 Å². The average molecular weight is 521 g/mol. The molecule has 0 saturated carbocycles. The number of amides is 2. The van der Waals surface area contributed by atoms with Gasteiger partial charge in [0.1, 0.15) is 11.6 Å². The summed E-state index contributed by atoms with van der Waals surface area (Å²) in [5.74, 6) is 1.21. The van der Waals surface area contributed by atoms with Crippen molar-refractivity contribution in [1.82, 2.24) is 20.2 Å². The van der Waals surface area contributed by atoms with Crippen molar-refractivity contribution in [2.24, 2.45) is 5.92 Å². The Bertz CT molecular complexity index is 906. The van der Waals surface area contributed by atoms with Crippen LogP contribution in [0.25, 0.3) is 0 Å². The number of carbonyl (C=O) groups is 2. The van der Waals surface area contributed by atoms with Crippen LogP contribution in [0.5, 0.6) is 0 Å². The van der Waals surface area contributed by atoms with Gasteiger partial charge in [0.25, 0.3) is 0 Å². The maximum absolute atomic E-state index is 12.9. The molecule has 1 N–H and O–H groups in total. The first-order valence-corrected chi connectivity index (χ1v) is 13.7. The van der Waals surface area contributed by atoms with Crippen molar-refractivity contribution < 1.29 is 23.6 Å². The molecule has 11 heteroatoms. The monoisotopic (exact) mass is 520 g/mol. The minimum atomic E-state index is -0.621. The van der Waals surface area contributed by atoms with Crippen molar-refractivity contribution in [3.8, 4) is 0 Å². The quantitative estimate of drug-likeness (QED) is 0.332. The van der Waals surface area contributed by atoms with E-state index in [1.165, 1.54) is 0 Å². The van der Waals surface area contributed by atoms with Crippen LogP contribution in [0.3, 0.4) is 0 Å². The molecular weight excluding hydrogens is 479 g/mol. The Morgan fingerprint density at radius 2 is 1.83 bits per heavy atom. The fourth-order valence-corrected chi connectivity index (χ4v) is 5.03. The molecule has 0 aliphatic carbocycles. The van der Waals surface area contributed by atoms with E-state index in [0.717, 1.165) is 30.5 Å². The van der Waals surface area contributed by atoms with E-state index in [-0.39, 0.29) is 5.91 Å². The Kier molecular flexibility index (Phi) is 8.99. The van der Waals surface area contributed by atoms with Gasteiger partial charge in [-0.1, -0.05) is 11.8 Å². The number of carbonyl (C=O) groups excluding carboxylic acids is 2. The summed E-state index contributed by atoms with van der Waals surface area (Å²) in [6.45, 7) is 16.6. The van der Waals surface area contributed by atoms with Gasteiger partial charge in [0.2, 0.25) is 5.91 Å². The molecule has 2 unspecified atom stereocenters. The number of nitrogens with one attached hydrogen (secondary N) is 1. The number of aromatic nitrogens is 2. The molecule has 1 aromatic heterocycles. The number of hydrogen-bond donors (Lipinski definition) is 1. The molecule has 200 valence electrons. The second kappa shape index (κ2) is 11.3. The maximum atomic E-state index is 12.9. The predicted molar refractivity (Wildman–Crippen MR) is 141 cm³/mol. The van der Waals surface area contributed by atoms with Crippen molar-refractivity contribution in [2.45, 2.75) is 103 Å². The average Bonchev–Trinajstić information content (AvgIpc) is 2.99. The molecule has 3 heterocycles. The summed E-state index contributed by atoms with van der Waals surface area (Å²) < 4.78 is 17.4. The Morgan fingerprint density at radius 1 is 1.22 bits per heavy atom. The van der Waals surface area contributed by atoms with Crippen LogP contribution < -0.4 is 10.8 Å². The number of thioether (sulfide) groups is 1. The standard InChI is InChI=1S/C25H41BN4O5S/c1-17(29-22(32)33-23(2,3)4)20(31)30-12-9-10-18(16-30)11-13-36-21-27-14-19(15-28-21)26-34-24(5,6)25(7,8)35-26/h14-15,17-18H,9-13,16H2,1-8H3,(H,29,32). The molecule has 0 aromatic carbocycles. The van der Waals surface area contributed by atoms with Gasteiger partial charge in [-0.2, -0.15) is 0 Å². The zero-order chi connectivity index (χ0) is 26.7. The Balaban J connectivity index is 1.43. The number of alkyl carbamates (subject to hydrolysis) is 1. The van der Waals surface area contributed by atoms with Gasteiger partial charge in [-0.25, -0.2) is 14.8 Å². The molecule has 3 rings (SSSR count). The van der Waals surface area contributed by atoms with E-state index in [9.17, 15) is 9.59 Å². The van der Waals surface area contributed by atoms with E-state index in [0.29, 0.717) is 24.2 Å². The second-order valence-electron chi connectivity index (χ2n) is 11.7. The van der Waals surface area contributed by atoms with Crippen LogP contribution in [0.1, 0.15) is 74.7 Å². The topological polar surface area (TPSA) is 103 Å². The summed E-state index contributed by atoms with van der Waals surface area (Å²) in [6.07, 6.45) is 5.98. The summed E-state index contributed by atoms with van der Waals surface area (Å²) in [6, 6.07) is -0.621. The minimum absolute atomic E-state index is 0.0696. The van der Waals surface area contributed by atoms with Gasteiger partial charge in [-0.15, -0.1) is 0 Å². The van der Waals surface area contributed by atoms with Crippen LogP contribution in [0.15, 0.2) is 17.6 Å². The molecule has 2 atom stereocenters. The molecular formula is C25H41BN4O5S. The first-order chi connectivity index (χ1) is 16.7. The largest absolute Gasteiger partial charge is 0.498 e. The van der Waals surface area contributed by atoms with Gasteiger partial charge in [0, 0.05) is 36.7 Å². The van der Waals surface area contributed by atoms with Crippen LogP contribution in [0.4, 0.5) is 4.79 Å². The third kappa shape index (κ3) is 7.58. The molecule has 2 aliphatic heterocycles. The predicted octanol–water partition coefficient (Wildman–Crippen LogP) is 3.41. The van der Waals surface area contributed by atoms with Gasteiger partial charge < -0.3 is 24.3 Å². The van der Waals surface area contributed by atoms with E-state index in [1.54, 1.807) is 51.9 Å². The number of hydrogen-bond acceptors (Lipinski definition) is 8. The molecule has 2 amide bonds. The van der Waals surface area contributed by atoms with Crippen molar-refractivity contribution >= 4 is 36.3 Å². The Labute approximate surface area is 220 Å². The highest BCUT2D eigenvalue weighted by molar-refractivity contribution is 7.99. The van der Waals surface area contributed by atoms with Crippen LogP contribution in [-0.4, -0.2) is 75.7 Å². The molecule has 0 bridgehead atoms. The molecule has 0 radical (unpaired) electrons. The van der Waals surface area contributed by atoms with Gasteiger partial charge in [0.15, 0.2) is 5.16 Å². The van der Waals surface area contributed by atoms with Gasteiger partial charge in [0.05, 0.1) is 11.2 Å². The fraction of sp³-hybridized carbons (Fsp3) is 0.760. The number of likely N-dealkylation sites (tertiary alicyclic amines) is 1. The first-order valence-electron chi connectivity index (χ1n) is 12.8. The van der Waals surface area contributed by atoms with Crippen LogP contribution in [0.2, 0.25) is 0 Å². The lowest BCUT2D eigenvalue weighted by atomic mass is 9.81. The molecule has 9 nitrogen and oxygen atoms in total. The normalized spacial score (nSPS) is 22.3. The van der Waals surface area contributed by atoms with E-state index in [4.69, 9.17) is 14.0 Å². The molecule has 2 aliphatic rings. The van der Waals surface area contributed by atoms with Gasteiger partial charge in [-0.3, -0.25) is 4.79 Å². The zero-order valence-electron chi connectivity index (χ0n) is 22.9. The SMILES string of the molecule is CC(NC(=O)OC(C)(C)C)C(=O)N1CCCC(CCSc2ncc(B3OC(C)(C)C(C)(C)O3)cn2)C1. The maximum Gasteiger partial charge on any atom is 0.498 e. The fourth-order valence-electron chi connectivity index (χ4n) is 4.14. The molecule has 2 fully saturated rings. The smallest absolute Gasteiger partial charge is 0.444 e. The van der Waals surface area contributed by atoms with Crippen molar-refractivity contribution in [3.63, 3.8) is 0 Å². The van der Waals surface area contributed by atoms with Crippen molar-refractivity contribution in [1.29, 1.82) is 0 Å². The van der Waals surface area contributed by atoms with Crippen LogP contribution in [0, 0.1) is 5.92 Å². The zero-order valence-corrected chi connectivity index (χ0v) is 23.7. The van der Waals surface area contributed by atoms with Crippen molar-refractivity contribution in [2.75, 3.05) is 18.8 Å². The highest BCUT2D eigenvalue weighted by Crippen LogP contribution is 2.36. The molecule has 0 spiro atoms. The second-order valence-corrected chi connectivity index (χ2v) is 12.7. The summed E-state index contributed by atoms with van der Waals surface area (Å²) in [5, 5.41) is 3.37. The number of ether oxygens (including phenoxy) is 1. The number of piperidine rings is 1. The minimum Gasteiger partial charge on any atom is -0.444 e. The lowest BCUT2D eigenvalue weighted by Crippen LogP contribution is -2.50. The van der Waals surface area contributed by atoms with E-state index < -0.39 is 36.1 Å². The van der Waals surface area contributed by atoms with Gasteiger partial charge in [-0.05, 0) is 80.6 Å². The first kappa shape index (κ1) is 28.7. The highest BCUT2D eigenvalue weighted by Gasteiger charge is 2.52. The summed E-state index contributed by atoms with van der Waals surface area (Å²) in [7, 11) is -0.466. The highest BCUT2D eigenvalue weighted by atomic mass is 32.2. The van der Waals surface area contributed by atoms with Crippen molar-refractivity contribution in [3.05, 3.63) is 12.4 Å². The van der Waals surface area contributed by atoms with Crippen LogP contribution in [-0.2, 0) is 18.8 Å². The molecule has 36 heavy (non-hydrogen) atoms. The molecule has 1 aromatic rings. The molecule has 2 saturated heterocycles. The Hall–Kier alpha value is -1.85. The third-order valence-electron chi connectivity index (χ3n) is 6.87. The summed E-state index contributed by atoms with van der Waals surface area (Å²) >= 11 is 1.61. The van der Waals surface area contributed by atoms with E-state index >= 15 is 0 Å². The summed E-state index contributed by atoms with van der Waals surface area (Å²) in [4.78, 5) is 35.7. The number of rotatable bonds is 7. The third-order valence-corrected chi connectivity index (χ3v) is 7.77. The number of nitrogens with zero attached hydrogens (tertiary/aromatic N) is 3. The van der Waals surface area contributed by atoms with Crippen LogP contribution >= 0.6 is 11.8 Å². The summed E-state index contributed by atoms with van der Waals surface area (Å²) in [5.41, 5.74) is -0.585.